The Kier molecular flexibility index (Phi) is 5.85. The number of pyridine rings is 1. The van der Waals surface area contributed by atoms with Gasteiger partial charge < -0.3 is 19.7 Å². The van der Waals surface area contributed by atoms with Crippen molar-refractivity contribution in [1.82, 2.24) is 15.2 Å². The molecule has 29 heavy (non-hydrogen) atoms. The number of aliphatic hydroxyl groups excluding tert-OH is 1. The summed E-state index contributed by atoms with van der Waals surface area (Å²) in [4.78, 5) is 6.59. The van der Waals surface area contributed by atoms with Gasteiger partial charge in [0, 0.05) is 29.9 Å². The molecule has 3 aromatic rings. The SMILES string of the molecule is Cc1ccc(Cl)cc1-c1ccc([C@@H]2[C@H](c3ccccn3)NC(=S)N2CCCO)o1. The third-order valence-corrected chi connectivity index (χ3v) is 5.73. The van der Waals surface area contributed by atoms with Gasteiger partial charge in [0.1, 0.15) is 17.6 Å². The van der Waals surface area contributed by atoms with E-state index in [-0.39, 0.29) is 18.7 Å². The number of furan rings is 1. The molecule has 1 fully saturated rings. The third-order valence-electron chi connectivity index (χ3n) is 5.14. The molecule has 1 aromatic carbocycles. The van der Waals surface area contributed by atoms with E-state index in [0.29, 0.717) is 23.1 Å². The zero-order chi connectivity index (χ0) is 20.4. The summed E-state index contributed by atoms with van der Waals surface area (Å²) in [6.07, 6.45) is 2.39. The topological polar surface area (TPSA) is 61.5 Å². The Balaban J connectivity index is 1.73. The van der Waals surface area contributed by atoms with Gasteiger partial charge in [-0.25, -0.2) is 0 Å². The maximum absolute atomic E-state index is 9.32. The Hall–Kier alpha value is -2.41. The molecule has 0 saturated carbocycles. The maximum atomic E-state index is 9.32. The van der Waals surface area contributed by atoms with Crippen molar-refractivity contribution in [3.63, 3.8) is 0 Å². The zero-order valence-corrected chi connectivity index (χ0v) is 17.6. The van der Waals surface area contributed by atoms with Gasteiger partial charge >= 0.3 is 0 Å². The molecule has 0 radical (unpaired) electrons. The number of aliphatic hydroxyl groups is 1. The van der Waals surface area contributed by atoms with E-state index in [4.69, 9.17) is 28.2 Å². The molecule has 150 valence electrons. The molecule has 0 aliphatic carbocycles. The Labute approximate surface area is 180 Å². The molecule has 4 rings (SSSR count). The van der Waals surface area contributed by atoms with Crippen LogP contribution in [0.4, 0.5) is 0 Å². The highest BCUT2D eigenvalue weighted by Crippen LogP contribution is 2.41. The summed E-state index contributed by atoms with van der Waals surface area (Å²) in [5.41, 5.74) is 2.95. The maximum Gasteiger partial charge on any atom is 0.170 e. The van der Waals surface area contributed by atoms with Gasteiger partial charge in [-0.1, -0.05) is 23.7 Å². The van der Waals surface area contributed by atoms with Crippen molar-refractivity contribution in [3.8, 4) is 11.3 Å². The first-order chi connectivity index (χ1) is 14.1. The number of aryl methyl sites for hydroxylation is 1. The van der Waals surface area contributed by atoms with Gasteiger partial charge in [-0.15, -0.1) is 0 Å². The third kappa shape index (κ3) is 4.01. The zero-order valence-electron chi connectivity index (χ0n) is 16.0. The number of rotatable bonds is 6. The van der Waals surface area contributed by atoms with Crippen molar-refractivity contribution < 1.29 is 9.52 Å². The molecule has 1 aliphatic heterocycles. The molecule has 1 aliphatic rings. The van der Waals surface area contributed by atoms with Crippen LogP contribution in [0.1, 0.15) is 35.5 Å². The van der Waals surface area contributed by atoms with Gasteiger partial charge in [-0.05, 0) is 67.5 Å². The van der Waals surface area contributed by atoms with Crippen LogP contribution in [0.15, 0.2) is 59.1 Å². The number of hydrogen-bond acceptors (Lipinski definition) is 4. The van der Waals surface area contributed by atoms with Crippen LogP contribution in [-0.2, 0) is 0 Å². The fourth-order valence-electron chi connectivity index (χ4n) is 3.71. The smallest absolute Gasteiger partial charge is 0.170 e. The summed E-state index contributed by atoms with van der Waals surface area (Å²) in [6.45, 7) is 2.76. The normalized spacial score (nSPS) is 18.9. The molecule has 2 N–H and O–H groups in total. The van der Waals surface area contributed by atoms with E-state index < -0.39 is 0 Å². The van der Waals surface area contributed by atoms with Gasteiger partial charge in [0.05, 0.1) is 11.7 Å². The van der Waals surface area contributed by atoms with Crippen LogP contribution in [0, 0.1) is 6.92 Å². The molecule has 2 atom stereocenters. The van der Waals surface area contributed by atoms with Crippen molar-refractivity contribution in [1.29, 1.82) is 0 Å². The average Bonchev–Trinajstić information content (AvgIpc) is 3.33. The number of benzene rings is 1. The van der Waals surface area contributed by atoms with Crippen LogP contribution in [-0.4, -0.2) is 33.3 Å². The molecule has 0 bridgehead atoms. The van der Waals surface area contributed by atoms with Gasteiger partial charge in [0.25, 0.3) is 0 Å². The number of nitrogens with zero attached hydrogens (tertiary/aromatic N) is 2. The number of halogens is 1. The predicted molar refractivity (Wildman–Crippen MR) is 118 cm³/mol. The second kappa shape index (κ2) is 8.53. The summed E-state index contributed by atoms with van der Waals surface area (Å²) in [6, 6.07) is 15.3. The van der Waals surface area contributed by atoms with Gasteiger partial charge in [-0.3, -0.25) is 4.98 Å². The predicted octanol–water partition coefficient (Wildman–Crippen LogP) is 4.66. The lowest BCUT2D eigenvalue weighted by Crippen LogP contribution is -2.30. The number of hydrogen-bond donors (Lipinski definition) is 2. The van der Waals surface area contributed by atoms with Crippen LogP contribution < -0.4 is 5.32 Å². The average molecular weight is 428 g/mol. The fraction of sp³-hybridized carbons (Fsp3) is 0.273. The highest BCUT2D eigenvalue weighted by Gasteiger charge is 2.41. The summed E-state index contributed by atoms with van der Waals surface area (Å²) >= 11 is 11.8. The molecule has 3 heterocycles. The summed E-state index contributed by atoms with van der Waals surface area (Å²) in [5.74, 6) is 1.56. The molecule has 7 heteroatoms. The molecule has 0 spiro atoms. The van der Waals surface area contributed by atoms with E-state index >= 15 is 0 Å². The Morgan fingerprint density at radius 1 is 1.24 bits per heavy atom. The Bertz CT molecular complexity index is 1010. The second-order valence-corrected chi connectivity index (χ2v) is 7.88. The summed E-state index contributed by atoms with van der Waals surface area (Å²) in [7, 11) is 0. The molecule has 2 aromatic heterocycles. The summed E-state index contributed by atoms with van der Waals surface area (Å²) < 4.78 is 6.31. The minimum absolute atomic E-state index is 0.102. The first-order valence-corrected chi connectivity index (χ1v) is 10.3. The fourth-order valence-corrected chi connectivity index (χ4v) is 4.22. The second-order valence-electron chi connectivity index (χ2n) is 7.06. The molecular formula is C22H22ClN3O2S. The molecule has 0 amide bonds. The van der Waals surface area contributed by atoms with Crippen molar-refractivity contribution >= 4 is 28.9 Å². The van der Waals surface area contributed by atoms with Gasteiger partial charge in [0.15, 0.2) is 5.11 Å². The molecule has 1 saturated heterocycles. The monoisotopic (exact) mass is 427 g/mol. The Morgan fingerprint density at radius 3 is 2.86 bits per heavy atom. The van der Waals surface area contributed by atoms with E-state index in [0.717, 1.165) is 28.3 Å². The largest absolute Gasteiger partial charge is 0.459 e. The van der Waals surface area contributed by atoms with E-state index in [1.807, 2.05) is 55.5 Å². The van der Waals surface area contributed by atoms with Crippen molar-refractivity contribution in [2.45, 2.75) is 25.4 Å². The van der Waals surface area contributed by atoms with Crippen molar-refractivity contribution in [2.75, 3.05) is 13.2 Å². The number of nitrogens with one attached hydrogen (secondary N) is 1. The molecule has 0 unspecified atom stereocenters. The van der Waals surface area contributed by atoms with Crippen LogP contribution in [0.5, 0.6) is 0 Å². The van der Waals surface area contributed by atoms with Crippen molar-refractivity contribution in [3.05, 3.63) is 76.8 Å². The lowest BCUT2D eigenvalue weighted by molar-refractivity contribution is 0.233. The van der Waals surface area contributed by atoms with Gasteiger partial charge in [-0.2, -0.15) is 0 Å². The number of thiocarbonyl (C=S) groups is 1. The van der Waals surface area contributed by atoms with Crippen LogP contribution >= 0.6 is 23.8 Å². The Morgan fingerprint density at radius 2 is 2.10 bits per heavy atom. The minimum Gasteiger partial charge on any atom is -0.459 e. The summed E-state index contributed by atoms with van der Waals surface area (Å²) in [5, 5.41) is 14.0. The first kappa shape index (κ1) is 19.9. The molecular weight excluding hydrogens is 406 g/mol. The van der Waals surface area contributed by atoms with Crippen LogP contribution in [0.2, 0.25) is 5.02 Å². The number of aromatic nitrogens is 1. The lowest BCUT2D eigenvalue weighted by Gasteiger charge is -2.25. The lowest BCUT2D eigenvalue weighted by atomic mass is 10.0. The van der Waals surface area contributed by atoms with Gasteiger partial charge in [0.2, 0.25) is 0 Å². The van der Waals surface area contributed by atoms with Crippen LogP contribution in [0.3, 0.4) is 0 Å². The first-order valence-electron chi connectivity index (χ1n) is 9.53. The highest BCUT2D eigenvalue weighted by molar-refractivity contribution is 7.80. The van der Waals surface area contributed by atoms with E-state index in [9.17, 15) is 5.11 Å². The van der Waals surface area contributed by atoms with E-state index in [1.165, 1.54) is 0 Å². The van der Waals surface area contributed by atoms with Crippen LogP contribution in [0.25, 0.3) is 11.3 Å². The quantitative estimate of drug-likeness (QED) is 0.558. The minimum atomic E-state index is -0.155. The van der Waals surface area contributed by atoms with E-state index in [2.05, 4.69) is 15.2 Å². The van der Waals surface area contributed by atoms with E-state index in [1.54, 1.807) is 6.20 Å². The molecule has 5 nitrogen and oxygen atoms in total. The standard InChI is InChI=1S/C22H22ClN3O2S/c1-14-6-7-15(23)13-16(14)18-8-9-19(28-18)21-20(17-5-2-3-10-24-17)25-22(29)26(21)11-4-12-27/h2-3,5-10,13,20-21,27H,4,11-12H2,1H3,(H,25,29)/t20-,21+/m0/s1. The van der Waals surface area contributed by atoms with Crippen molar-refractivity contribution in [2.24, 2.45) is 0 Å². The highest BCUT2D eigenvalue weighted by atomic mass is 35.5.